The number of carbonyl (C=O) groups is 1. The van der Waals surface area contributed by atoms with Crippen LogP contribution in [0.5, 0.6) is 5.75 Å². The Bertz CT molecular complexity index is 1210. The molecule has 2 heterocycles. The van der Waals surface area contributed by atoms with Crippen LogP contribution in [0.25, 0.3) is 6.08 Å². The minimum Gasteiger partial charge on any atom is -0.486 e. The number of carboxylic acids is 1. The molecule has 1 aliphatic carbocycles. The number of rotatable bonds is 8. The summed E-state index contributed by atoms with van der Waals surface area (Å²) < 4.78 is 25.8. The summed E-state index contributed by atoms with van der Waals surface area (Å²) in [4.78, 5) is 13.1. The summed E-state index contributed by atoms with van der Waals surface area (Å²) in [6.07, 6.45) is 6.91. The number of hydrogen-bond acceptors (Lipinski definition) is 4. The Morgan fingerprint density at radius 1 is 1.09 bits per heavy atom. The molecule has 5 rings (SSSR count). The number of benzene rings is 2. The van der Waals surface area contributed by atoms with Gasteiger partial charge in [0.05, 0.1) is 6.54 Å². The Balaban J connectivity index is 1.12. The highest BCUT2D eigenvalue weighted by molar-refractivity contribution is 5.67. The highest BCUT2D eigenvalue weighted by atomic mass is 19.1. The average molecular weight is 462 g/mol. The molecule has 1 fully saturated rings. The van der Waals surface area contributed by atoms with Gasteiger partial charge in [-0.3, -0.25) is 9.69 Å². The highest BCUT2D eigenvalue weighted by Crippen LogP contribution is 2.43. The van der Waals surface area contributed by atoms with Crippen LogP contribution >= 0.6 is 0 Å². The lowest BCUT2D eigenvalue weighted by atomic mass is 9.74. The maximum Gasteiger partial charge on any atom is 0.303 e. The fourth-order valence-electron chi connectivity index (χ4n) is 5.00. The Morgan fingerprint density at radius 2 is 1.88 bits per heavy atom. The lowest BCUT2D eigenvalue weighted by Crippen LogP contribution is -2.40. The number of hydrogen-bond donors (Lipinski definition) is 1. The smallest absolute Gasteiger partial charge is 0.303 e. The standard InChI is InChI=1S/C28H28FNO4/c29-26-17-22(7-5-21(26)6-10-27(31)32)33-19-24-9-8-23(34-24)18-30-15-13-28(14-16-30)12-11-20-3-1-2-4-25(20)28/h1-5,7-9,11-12,17H,6,10,13-16,18-19H2,(H,31,32). The van der Waals surface area contributed by atoms with E-state index in [2.05, 4.69) is 41.3 Å². The maximum atomic E-state index is 14.2. The Labute approximate surface area is 198 Å². The van der Waals surface area contributed by atoms with Crippen LogP contribution in [-0.2, 0) is 29.8 Å². The quantitative estimate of drug-likeness (QED) is 0.475. The molecule has 0 atom stereocenters. The van der Waals surface area contributed by atoms with Crippen LogP contribution in [0.1, 0.15) is 47.5 Å². The summed E-state index contributed by atoms with van der Waals surface area (Å²) >= 11 is 0. The van der Waals surface area contributed by atoms with Crippen molar-refractivity contribution in [2.75, 3.05) is 13.1 Å². The predicted molar refractivity (Wildman–Crippen MR) is 127 cm³/mol. The first kappa shape index (κ1) is 22.4. The molecule has 5 nitrogen and oxygen atoms in total. The number of furan rings is 1. The molecule has 0 unspecified atom stereocenters. The van der Waals surface area contributed by atoms with E-state index in [0.29, 0.717) is 17.1 Å². The number of ether oxygens (including phenoxy) is 1. The van der Waals surface area contributed by atoms with E-state index in [-0.39, 0.29) is 24.9 Å². The molecular weight excluding hydrogens is 433 g/mol. The number of aliphatic carboxylic acids is 1. The van der Waals surface area contributed by atoms with Gasteiger partial charge in [-0.25, -0.2) is 4.39 Å². The Morgan fingerprint density at radius 3 is 2.68 bits per heavy atom. The van der Waals surface area contributed by atoms with Gasteiger partial charge in [0.1, 0.15) is 29.7 Å². The van der Waals surface area contributed by atoms with E-state index in [0.717, 1.165) is 38.2 Å². The van der Waals surface area contributed by atoms with Gasteiger partial charge in [-0.2, -0.15) is 0 Å². The van der Waals surface area contributed by atoms with E-state index in [1.807, 2.05) is 12.1 Å². The molecule has 176 valence electrons. The van der Waals surface area contributed by atoms with Gasteiger partial charge in [0.25, 0.3) is 0 Å². The van der Waals surface area contributed by atoms with E-state index >= 15 is 0 Å². The second kappa shape index (κ2) is 9.47. The number of carboxylic acid groups (broad SMARTS) is 1. The summed E-state index contributed by atoms with van der Waals surface area (Å²) in [5.41, 5.74) is 3.35. The third-order valence-electron chi connectivity index (χ3n) is 6.94. The first-order chi connectivity index (χ1) is 16.5. The topological polar surface area (TPSA) is 62.9 Å². The fraction of sp³-hybridized carbons (Fsp3) is 0.321. The molecule has 0 saturated carbocycles. The molecule has 0 bridgehead atoms. The zero-order valence-electron chi connectivity index (χ0n) is 19.0. The molecular formula is C28H28FNO4. The number of fused-ring (bicyclic) bond motifs is 2. The average Bonchev–Trinajstić information content (AvgIpc) is 3.43. The van der Waals surface area contributed by atoms with Gasteiger partial charge in [0.2, 0.25) is 0 Å². The molecule has 2 aromatic carbocycles. The number of likely N-dealkylation sites (tertiary alicyclic amines) is 1. The number of piperidine rings is 1. The van der Waals surface area contributed by atoms with Crippen molar-refractivity contribution in [2.45, 2.75) is 44.2 Å². The van der Waals surface area contributed by atoms with Crippen molar-refractivity contribution in [3.63, 3.8) is 0 Å². The second-order valence-corrected chi connectivity index (χ2v) is 9.16. The van der Waals surface area contributed by atoms with Crippen LogP contribution in [0.4, 0.5) is 4.39 Å². The SMILES string of the molecule is O=C(O)CCc1ccc(OCc2ccc(CN3CCC4(C=Cc5ccccc54)CC3)o2)cc1F. The summed E-state index contributed by atoms with van der Waals surface area (Å²) in [6.45, 7) is 2.99. The van der Waals surface area contributed by atoms with Crippen molar-refractivity contribution in [1.29, 1.82) is 0 Å². The minimum atomic E-state index is -0.946. The first-order valence-corrected chi connectivity index (χ1v) is 11.7. The Hall–Kier alpha value is -3.38. The fourth-order valence-corrected chi connectivity index (χ4v) is 5.00. The third kappa shape index (κ3) is 4.77. The van der Waals surface area contributed by atoms with Gasteiger partial charge in [0, 0.05) is 17.9 Å². The molecule has 1 aliphatic heterocycles. The maximum absolute atomic E-state index is 14.2. The van der Waals surface area contributed by atoms with Crippen molar-refractivity contribution in [3.05, 3.63) is 94.7 Å². The van der Waals surface area contributed by atoms with Crippen molar-refractivity contribution >= 4 is 12.0 Å². The largest absolute Gasteiger partial charge is 0.486 e. The van der Waals surface area contributed by atoms with Gasteiger partial charge in [0.15, 0.2) is 0 Å². The van der Waals surface area contributed by atoms with Crippen molar-refractivity contribution < 1.29 is 23.4 Å². The predicted octanol–water partition coefficient (Wildman–Crippen LogP) is 5.58. The van der Waals surface area contributed by atoms with E-state index in [1.165, 1.54) is 17.2 Å². The molecule has 2 aliphatic rings. The zero-order chi connectivity index (χ0) is 23.5. The summed E-state index contributed by atoms with van der Waals surface area (Å²) in [7, 11) is 0. The third-order valence-corrected chi connectivity index (χ3v) is 6.94. The highest BCUT2D eigenvalue weighted by Gasteiger charge is 2.37. The van der Waals surface area contributed by atoms with Crippen LogP contribution in [0, 0.1) is 5.82 Å². The van der Waals surface area contributed by atoms with E-state index < -0.39 is 11.8 Å². The zero-order valence-corrected chi connectivity index (χ0v) is 19.0. The van der Waals surface area contributed by atoms with Gasteiger partial charge in [-0.05, 0) is 67.2 Å². The normalized spacial score (nSPS) is 16.6. The lowest BCUT2D eigenvalue weighted by molar-refractivity contribution is -0.136. The minimum absolute atomic E-state index is 0.103. The Kier molecular flexibility index (Phi) is 6.24. The molecule has 1 saturated heterocycles. The van der Waals surface area contributed by atoms with Gasteiger partial charge >= 0.3 is 5.97 Å². The van der Waals surface area contributed by atoms with Gasteiger partial charge in [-0.1, -0.05) is 42.5 Å². The molecule has 1 N–H and O–H groups in total. The number of aryl methyl sites for hydroxylation is 1. The van der Waals surface area contributed by atoms with Crippen molar-refractivity contribution in [2.24, 2.45) is 0 Å². The summed E-state index contributed by atoms with van der Waals surface area (Å²) in [5, 5.41) is 8.76. The second-order valence-electron chi connectivity index (χ2n) is 9.16. The number of halogens is 1. The van der Waals surface area contributed by atoms with E-state index in [1.54, 1.807) is 12.1 Å². The summed E-state index contributed by atoms with van der Waals surface area (Å²) in [6, 6.07) is 17.1. The first-order valence-electron chi connectivity index (χ1n) is 11.7. The molecule has 3 aromatic rings. The number of nitrogens with zero attached hydrogens (tertiary/aromatic N) is 1. The monoisotopic (exact) mass is 461 g/mol. The van der Waals surface area contributed by atoms with Crippen molar-refractivity contribution in [3.8, 4) is 5.75 Å². The van der Waals surface area contributed by atoms with Crippen LogP contribution < -0.4 is 4.74 Å². The van der Waals surface area contributed by atoms with Crippen LogP contribution in [0.2, 0.25) is 0 Å². The molecule has 0 amide bonds. The van der Waals surface area contributed by atoms with Gasteiger partial charge in [-0.15, -0.1) is 0 Å². The molecule has 34 heavy (non-hydrogen) atoms. The molecule has 6 heteroatoms. The number of allylic oxidation sites excluding steroid dienone is 1. The molecule has 1 spiro atoms. The van der Waals surface area contributed by atoms with E-state index in [9.17, 15) is 9.18 Å². The molecule has 0 radical (unpaired) electrons. The van der Waals surface area contributed by atoms with Crippen LogP contribution in [-0.4, -0.2) is 29.1 Å². The summed E-state index contributed by atoms with van der Waals surface area (Å²) in [5.74, 6) is 0.568. The van der Waals surface area contributed by atoms with Crippen LogP contribution in [0.15, 0.2) is 65.1 Å². The van der Waals surface area contributed by atoms with E-state index in [4.69, 9.17) is 14.3 Å². The molecule has 1 aromatic heterocycles. The lowest BCUT2D eigenvalue weighted by Gasteiger charge is -2.39. The van der Waals surface area contributed by atoms with Gasteiger partial charge < -0.3 is 14.3 Å². The van der Waals surface area contributed by atoms with Crippen molar-refractivity contribution in [1.82, 2.24) is 4.90 Å². The van der Waals surface area contributed by atoms with Crippen LogP contribution in [0.3, 0.4) is 0 Å².